The number of hydrogen-bond donors (Lipinski definition) is 1. The fourth-order valence-corrected chi connectivity index (χ4v) is 3.02. The van der Waals surface area contributed by atoms with Gasteiger partial charge in [-0.05, 0) is 43.1 Å². The van der Waals surface area contributed by atoms with Gasteiger partial charge in [0.25, 0.3) is 0 Å². The zero-order valence-electron chi connectivity index (χ0n) is 11.7. The molecule has 19 heavy (non-hydrogen) atoms. The van der Waals surface area contributed by atoms with Gasteiger partial charge >= 0.3 is 0 Å². The second kappa shape index (κ2) is 6.25. The van der Waals surface area contributed by atoms with E-state index in [0.29, 0.717) is 6.42 Å². The second-order valence-electron chi connectivity index (χ2n) is 5.29. The van der Waals surface area contributed by atoms with Crippen molar-refractivity contribution in [1.29, 1.82) is 0 Å². The SMILES string of the molecule is CCN1CCC(O)(Cc2cc(OC)ccc2Br)CC1. The summed E-state index contributed by atoms with van der Waals surface area (Å²) < 4.78 is 6.30. The van der Waals surface area contributed by atoms with Gasteiger partial charge in [-0.1, -0.05) is 22.9 Å². The molecule has 1 fully saturated rings. The van der Waals surface area contributed by atoms with Crippen molar-refractivity contribution in [3.05, 3.63) is 28.2 Å². The normalized spacial score (nSPS) is 19.4. The molecule has 1 heterocycles. The summed E-state index contributed by atoms with van der Waals surface area (Å²) in [5, 5.41) is 10.7. The summed E-state index contributed by atoms with van der Waals surface area (Å²) in [5.74, 6) is 0.841. The molecule has 0 bridgehead atoms. The summed E-state index contributed by atoms with van der Waals surface area (Å²) in [6.07, 6.45) is 2.36. The van der Waals surface area contributed by atoms with E-state index in [1.807, 2.05) is 18.2 Å². The second-order valence-corrected chi connectivity index (χ2v) is 6.15. The van der Waals surface area contributed by atoms with E-state index < -0.39 is 5.60 Å². The predicted molar refractivity (Wildman–Crippen MR) is 80.7 cm³/mol. The third-order valence-corrected chi connectivity index (χ3v) is 4.78. The molecule has 1 N–H and O–H groups in total. The topological polar surface area (TPSA) is 32.7 Å². The smallest absolute Gasteiger partial charge is 0.119 e. The molecule has 1 aliphatic rings. The molecule has 0 radical (unpaired) electrons. The van der Waals surface area contributed by atoms with Crippen molar-refractivity contribution in [1.82, 2.24) is 4.90 Å². The first-order valence-corrected chi connectivity index (χ1v) is 7.63. The van der Waals surface area contributed by atoms with Crippen molar-refractivity contribution in [3.8, 4) is 5.75 Å². The molecule has 106 valence electrons. The molecule has 1 aromatic rings. The quantitative estimate of drug-likeness (QED) is 0.923. The Morgan fingerprint density at radius 2 is 2.05 bits per heavy atom. The lowest BCUT2D eigenvalue weighted by Gasteiger charge is -2.38. The molecule has 0 spiro atoms. The van der Waals surface area contributed by atoms with E-state index in [4.69, 9.17) is 4.74 Å². The van der Waals surface area contributed by atoms with Gasteiger partial charge in [-0.25, -0.2) is 0 Å². The van der Waals surface area contributed by atoms with Crippen LogP contribution >= 0.6 is 15.9 Å². The van der Waals surface area contributed by atoms with Gasteiger partial charge in [0, 0.05) is 24.0 Å². The van der Waals surface area contributed by atoms with E-state index in [2.05, 4.69) is 27.8 Å². The lowest BCUT2D eigenvalue weighted by Crippen LogP contribution is -2.45. The lowest BCUT2D eigenvalue weighted by atomic mass is 9.85. The molecule has 0 amide bonds. The fourth-order valence-electron chi connectivity index (χ4n) is 2.63. The Balaban J connectivity index is 2.08. The minimum absolute atomic E-state index is 0.583. The zero-order chi connectivity index (χ0) is 13.9. The number of halogens is 1. The van der Waals surface area contributed by atoms with Crippen LogP contribution in [0.15, 0.2) is 22.7 Å². The first-order chi connectivity index (χ1) is 9.06. The minimum atomic E-state index is -0.583. The number of likely N-dealkylation sites (tertiary alicyclic amines) is 1. The number of methoxy groups -OCH3 is 1. The monoisotopic (exact) mass is 327 g/mol. The third kappa shape index (κ3) is 3.71. The van der Waals surface area contributed by atoms with Gasteiger partial charge < -0.3 is 14.7 Å². The maximum Gasteiger partial charge on any atom is 0.119 e. The summed E-state index contributed by atoms with van der Waals surface area (Å²) >= 11 is 3.56. The highest BCUT2D eigenvalue weighted by atomic mass is 79.9. The Morgan fingerprint density at radius 1 is 1.37 bits per heavy atom. The van der Waals surface area contributed by atoms with E-state index in [-0.39, 0.29) is 0 Å². The number of ether oxygens (including phenoxy) is 1. The number of rotatable bonds is 4. The van der Waals surface area contributed by atoms with Gasteiger partial charge in [0.1, 0.15) is 5.75 Å². The van der Waals surface area contributed by atoms with Crippen LogP contribution in [0, 0.1) is 0 Å². The van der Waals surface area contributed by atoms with Gasteiger partial charge in [-0.3, -0.25) is 0 Å². The van der Waals surface area contributed by atoms with Crippen molar-refractivity contribution in [2.75, 3.05) is 26.7 Å². The van der Waals surface area contributed by atoms with Crippen molar-refractivity contribution in [3.63, 3.8) is 0 Å². The van der Waals surface area contributed by atoms with Gasteiger partial charge in [0.05, 0.1) is 12.7 Å². The third-order valence-electron chi connectivity index (χ3n) is 4.01. The van der Waals surface area contributed by atoms with Crippen LogP contribution in [0.25, 0.3) is 0 Å². The molecule has 4 heteroatoms. The Morgan fingerprint density at radius 3 is 2.63 bits per heavy atom. The molecule has 1 aromatic carbocycles. The number of hydrogen-bond acceptors (Lipinski definition) is 3. The van der Waals surface area contributed by atoms with Crippen LogP contribution < -0.4 is 4.74 Å². The van der Waals surface area contributed by atoms with Crippen molar-refractivity contribution >= 4 is 15.9 Å². The van der Waals surface area contributed by atoms with Gasteiger partial charge in [0.2, 0.25) is 0 Å². The summed E-state index contributed by atoms with van der Waals surface area (Å²) in [7, 11) is 1.67. The molecule has 0 saturated carbocycles. The van der Waals surface area contributed by atoms with Crippen molar-refractivity contribution in [2.45, 2.75) is 31.8 Å². The van der Waals surface area contributed by atoms with Crippen LogP contribution in [0.5, 0.6) is 5.75 Å². The predicted octanol–water partition coefficient (Wildman–Crippen LogP) is 2.85. The highest BCUT2D eigenvalue weighted by Gasteiger charge is 2.32. The van der Waals surface area contributed by atoms with Gasteiger partial charge in [0.15, 0.2) is 0 Å². The van der Waals surface area contributed by atoms with Gasteiger partial charge in [-0.15, -0.1) is 0 Å². The number of benzene rings is 1. The summed E-state index contributed by atoms with van der Waals surface area (Å²) in [6, 6.07) is 5.92. The van der Waals surface area contributed by atoms with Crippen molar-refractivity contribution in [2.24, 2.45) is 0 Å². The average Bonchev–Trinajstić information content (AvgIpc) is 2.42. The van der Waals surface area contributed by atoms with E-state index in [0.717, 1.165) is 48.3 Å². The van der Waals surface area contributed by atoms with Crippen LogP contribution in [-0.4, -0.2) is 42.4 Å². The average molecular weight is 328 g/mol. The lowest BCUT2D eigenvalue weighted by molar-refractivity contribution is -0.0195. The van der Waals surface area contributed by atoms with Crippen LogP contribution in [0.2, 0.25) is 0 Å². The number of nitrogens with zero attached hydrogens (tertiary/aromatic N) is 1. The van der Waals surface area contributed by atoms with Crippen LogP contribution in [0.3, 0.4) is 0 Å². The molecular formula is C15H22BrNO2. The first-order valence-electron chi connectivity index (χ1n) is 6.83. The summed E-state index contributed by atoms with van der Waals surface area (Å²) in [5.41, 5.74) is 0.535. The maximum atomic E-state index is 10.7. The Bertz CT molecular complexity index is 428. The summed E-state index contributed by atoms with van der Waals surface area (Å²) in [6.45, 7) is 5.20. The standard InChI is InChI=1S/C15H22BrNO2/c1-3-17-8-6-15(18,7-9-17)11-12-10-13(19-2)4-5-14(12)16/h4-5,10,18H,3,6-9,11H2,1-2H3. The molecule has 0 aromatic heterocycles. The van der Waals surface area contributed by atoms with Crippen LogP contribution in [0.4, 0.5) is 0 Å². The van der Waals surface area contributed by atoms with Crippen LogP contribution in [-0.2, 0) is 6.42 Å². The summed E-state index contributed by atoms with van der Waals surface area (Å²) in [4.78, 5) is 2.38. The van der Waals surface area contributed by atoms with Crippen LogP contribution in [0.1, 0.15) is 25.3 Å². The van der Waals surface area contributed by atoms with Crippen molar-refractivity contribution < 1.29 is 9.84 Å². The minimum Gasteiger partial charge on any atom is -0.497 e. The maximum absolute atomic E-state index is 10.7. The molecule has 1 aliphatic heterocycles. The molecule has 0 unspecified atom stereocenters. The largest absolute Gasteiger partial charge is 0.497 e. The highest BCUT2D eigenvalue weighted by molar-refractivity contribution is 9.10. The fraction of sp³-hybridized carbons (Fsp3) is 0.600. The molecule has 3 nitrogen and oxygen atoms in total. The van der Waals surface area contributed by atoms with E-state index >= 15 is 0 Å². The molecule has 2 rings (SSSR count). The number of piperidine rings is 1. The first kappa shape index (κ1) is 14.8. The van der Waals surface area contributed by atoms with Gasteiger partial charge in [-0.2, -0.15) is 0 Å². The molecule has 0 aliphatic carbocycles. The van der Waals surface area contributed by atoms with E-state index in [1.165, 1.54) is 0 Å². The number of aliphatic hydroxyl groups is 1. The molecule has 1 saturated heterocycles. The van der Waals surface area contributed by atoms with E-state index in [1.54, 1.807) is 7.11 Å². The Labute approximate surface area is 123 Å². The van der Waals surface area contributed by atoms with E-state index in [9.17, 15) is 5.11 Å². The zero-order valence-corrected chi connectivity index (χ0v) is 13.2. The Kier molecular flexibility index (Phi) is 4.87. The Hall–Kier alpha value is -0.580. The molecular weight excluding hydrogens is 306 g/mol. The molecule has 0 atom stereocenters. The highest BCUT2D eigenvalue weighted by Crippen LogP contribution is 2.31.